The molecule has 0 spiro atoms. The van der Waals surface area contributed by atoms with Gasteiger partial charge in [-0.15, -0.1) is 0 Å². The lowest BCUT2D eigenvalue weighted by molar-refractivity contribution is 1.47. The van der Waals surface area contributed by atoms with Crippen LogP contribution in [-0.4, -0.2) is 8.75 Å². The van der Waals surface area contributed by atoms with Crippen LogP contribution in [0, 0.1) is 0 Å². The molecule has 0 aliphatic rings. The highest BCUT2D eigenvalue weighted by molar-refractivity contribution is 6.99. The molecule has 3 rings (SSSR count). The fourth-order valence-electron chi connectivity index (χ4n) is 1.76. The molecule has 1 heterocycles. The predicted molar refractivity (Wildman–Crippen MR) is 70.8 cm³/mol. The van der Waals surface area contributed by atoms with E-state index in [0.29, 0.717) is 0 Å². The zero-order chi connectivity index (χ0) is 11.5. The molecule has 0 aliphatic heterocycles. The molecule has 0 unspecified atom stereocenters. The first-order valence-corrected chi connectivity index (χ1v) is 6.11. The predicted octanol–water partition coefficient (Wildman–Crippen LogP) is 3.87. The first-order chi connectivity index (χ1) is 8.45. The molecule has 0 N–H and O–H groups in total. The summed E-state index contributed by atoms with van der Waals surface area (Å²) in [5, 5.41) is 0. The molecule has 82 valence electrons. The molecule has 0 saturated carbocycles. The molecule has 0 bridgehead atoms. The van der Waals surface area contributed by atoms with Crippen LogP contribution in [0.4, 0.5) is 0 Å². The van der Waals surface area contributed by atoms with E-state index in [1.54, 1.807) is 0 Å². The van der Waals surface area contributed by atoms with Crippen molar-refractivity contribution >= 4 is 11.7 Å². The highest BCUT2D eigenvalue weighted by Gasteiger charge is 2.11. The second kappa shape index (κ2) is 4.47. The van der Waals surface area contributed by atoms with E-state index in [1.165, 1.54) is 11.7 Å². The summed E-state index contributed by atoms with van der Waals surface area (Å²) in [7, 11) is 0. The van der Waals surface area contributed by atoms with Crippen LogP contribution in [0.5, 0.6) is 0 Å². The van der Waals surface area contributed by atoms with Gasteiger partial charge < -0.3 is 0 Å². The molecule has 0 radical (unpaired) electrons. The zero-order valence-electron chi connectivity index (χ0n) is 9.08. The van der Waals surface area contributed by atoms with Crippen LogP contribution in [0.2, 0.25) is 0 Å². The monoisotopic (exact) mass is 238 g/mol. The Bertz CT molecular complexity index is 548. The minimum atomic E-state index is 0.960. The summed E-state index contributed by atoms with van der Waals surface area (Å²) in [5.74, 6) is 0. The van der Waals surface area contributed by atoms with Gasteiger partial charge in [0.15, 0.2) is 0 Å². The normalized spacial score (nSPS) is 10.4. The van der Waals surface area contributed by atoms with Gasteiger partial charge in [-0.1, -0.05) is 60.7 Å². The van der Waals surface area contributed by atoms with Gasteiger partial charge in [-0.25, -0.2) is 0 Å². The van der Waals surface area contributed by atoms with Gasteiger partial charge >= 0.3 is 0 Å². The van der Waals surface area contributed by atoms with E-state index in [9.17, 15) is 0 Å². The Balaban J connectivity index is 2.13. The van der Waals surface area contributed by atoms with Gasteiger partial charge in [0.05, 0.1) is 11.7 Å². The minimum absolute atomic E-state index is 0.960. The average Bonchev–Trinajstić information content (AvgIpc) is 2.90. The van der Waals surface area contributed by atoms with Crippen molar-refractivity contribution in [2.75, 3.05) is 0 Å². The van der Waals surface area contributed by atoms with Crippen molar-refractivity contribution in [2.45, 2.75) is 0 Å². The quantitative estimate of drug-likeness (QED) is 0.677. The fourth-order valence-corrected chi connectivity index (χ4v) is 2.35. The van der Waals surface area contributed by atoms with Crippen LogP contribution >= 0.6 is 11.7 Å². The molecule has 3 heteroatoms. The fraction of sp³-hybridized carbons (Fsp3) is 0. The van der Waals surface area contributed by atoms with Gasteiger partial charge in [0.2, 0.25) is 0 Å². The average molecular weight is 238 g/mol. The number of hydrogen-bond acceptors (Lipinski definition) is 3. The van der Waals surface area contributed by atoms with Crippen molar-refractivity contribution in [3.05, 3.63) is 60.7 Å². The molecule has 0 fully saturated rings. The number of benzene rings is 2. The minimum Gasteiger partial charge on any atom is -0.172 e. The van der Waals surface area contributed by atoms with E-state index in [2.05, 4.69) is 33.0 Å². The first kappa shape index (κ1) is 10.2. The van der Waals surface area contributed by atoms with Crippen molar-refractivity contribution in [1.29, 1.82) is 0 Å². The molecular formula is C14H10N2S. The zero-order valence-corrected chi connectivity index (χ0v) is 9.89. The van der Waals surface area contributed by atoms with E-state index in [1.807, 2.05) is 36.4 Å². The maximum Gasteiger partial charge on any atom is 0.112 e. The smallest absolute Gasteiger partial charge is 0.112 e. The summed E-state index contributed by atoms with van der Waals surface area (Å²) in [5.41, 5.74) is 4.14. The Morgan fingerprint density at radius 2 is 1.00 bits per heavy atom. The SMILES string of the molecule is c1ccc(-c2nsnc2-c2ccccc2)cc1. The third-order valence-corrected chi connectivity index (χ3v) is 3.11. The molecular weight excluding hydrogens is 228 g/mol. The van der Waals surface area contributed by atoms with Gasteiger partial charge in [-0.3, -0.25) is 0 Å². The molecule has 1 aromatic heterocycles. The number of nitrogens with zero attached hydrogens (tertiary/aromatic N) is 2. The summed E-state index contributed by atoms with van der Waals surface area (Å²) >= 11 is 1.26. The Labute approximate surface area is 104 Å². The van der Waals surface area contributed by atoms with E-state index in [0.717, 1.165) is 22.5 Å². The van der Waals surface area contributed by atoms with Crippen LogP contribution in [0.3, 0.4) is 0 Å². The van der Waals surface area contributed by atoms with Crippen LogP contribution in [0.15, 0.2) is 60.7 Å². The second-order valence-corrected chi connectivity index (χ2v) is 4.22. The number of hydrogen-bond donors (Lipinski definition) is 0. The Hall–Kier alpha value is -2.00. The molecule has 0 aliphatic carbocycles. The second-order valence-electron chi connectivity index (χ2n) is 3.69. The van der Waals surface area contributed by atoms with Crippen molar-refractivity contribution in [3.8, 4) is 22.5 Å². The summed E-state index contributed by atoms with van der Waals surface area (Å²) in [6, 6.07) is 20.3. The van der Waals surface area contributed by atoms with Gasteiger partial charge in [0, 0.05) is 11.1 Å². The first-order valence-electron chi connectivity index (χ1n) is 5.38. The van der Waals surface area contributed by atoms with Crippen LogP contribution in [0.25, 0.3) is 22.5 Å². The van der Waals surface area contributed by atoms with E-state index in [4.69, 9.17) is 0 Å². The van der Waals surface area contributed by atoms with E-state index < -0.39 is 0 Å². The van der Waals surface area contributed by atoms with Crippen molar-refractivity contribution in [2.24, 2.45) is 0 Å². The molecule has 0 amide bonds. The van der Waals surface area contributed by atoms with E-state index in [-0.39, 0.29) is 0 Å². The van der Waals surface area contributed by atoms with Gasteiger partial charge in [0.25, 0.3) is 0 Å². The van der Waals surface area contributed by atoms with Gasteiger partial charge in [-0.05, 0) is 0 Å². The maximum absolute atomic E-state index is 4.39. The summed E-state index contributed by atoms with van der Waals surface area (Å²) in [6.07, 6.45) is 0. The molecule has 3 aromatic rings. The Kier molecular flexibility index (Phi) is 2.68. The Morgan fingerprint density at radius 3 is 1.41 bits per heavy atom. The number of aromatic nitrogens is 2. The third kappa shape index (κ3) is 1.97. The number of rotatable bonds is 2. The lowest BCUT2D eigenvalue weighted by Crippen LogP contribution is -1.82. The summed E-state index contributed by atoms with van der Waals surface area (Å²) in [4.78, 5) is 0. The standard InChI is InChI=1S/C14H10N2S/c1-3-7-11(8-4-1)13-14(16-17-15-13)12-9-5-2-6-10-12/h1-10H. The van der Waals surface area contributed by atoms with Crippen LogP contribution < -0.4 is 0 Å². The van der Waals surface area contributed by atoms with Crippen molar-refractivity contribution in [1.82, 2.24) is 8.75 Å². The third-order valence-electron chi connectivity index (χ3n) is 2.58. The molecule has 17 heavy (non-hydrogen) atoms. The van der Waals surface area contributed by atoms with Crippen molar-refractivity contribution in [3.63, 3.8) is 0 Å². The van der Waals surface area contributed by atoms with E-state index >= 15 is 0 Å². The topological polar surface area (TPSA) is 25.8 Å². The molecule has 0 atom stereocenters. The van der Waals surface area contributed by atoms with Gasteiger partial charge in [0.1, 0.15) is 11.4 Å². The summed E-state index contributed by atoms with van der Waals surface area (Å²) < 4.78 is 8.79. The highest BCUT2D eigenvalue weighted by atomic mass is 32.1. The van der Waals surface area contributed by atoms with Crippen LogP contribution in [-0.2, 0) is 0 Å². The lowest BCUT2D eigenvalue weighted by atomic mass is 10.1. The summed E-state index contributed by atoms with van der Waals surface area (Å²) in [6.45, 7) is 0. The molecule has 2 nitrogen and oxygen atoms in total. The van der Waals surface area contributed by atoms with Gasteiger partial charge in [-0.2, -0.15) is 8.75 Å². The molecule has 0 saturated heterocycles. The lowest BCUT2D eigenvalue weighted by Gasteiger charge is -2.00. The van der Waals surface area contributed by atoms with Crippen molar-refractivity contribution < 1.29 is 0 Å². The largest absolute Gasteiger partial charge is 0.172 e. The molecule has 2 aromatic carbocycles. The van der Waals surface area contributed by atoms with Crippen LogP contribution in [0.1, 0.15) is 0 Å². The maximum atomic E-state index is 4.39. The Morgan fingerprint density at radius 1 is 0.588 bits per heavy atom. The highest BCUT2D eigenvalue weighted by Crippen LogP contribution is 2.29.